The number of rotatable bonds is 4. The van der Waals surface area contributed by atoms with Crippen molar-refractivity contribution in [3.8, 4) is 5.75 Å². The first-order valence-electron chi connectivity index (χ1n) is 6.11. The number of aromatic nitrogens is 1. The maximum atomic E-state index is 6.29. The zero-order chi connectivity index (χ0) is 13.0. The first-order valence-corrected chi connectivity index (χ1v) is 6.11. The molecule has 0 aliphatic heterocycles. The molecule has 0 fully saturated rings. The molecule has 0 saturated heterocycles. The van der Waals surface area contributed by atoms with Crippen LogP contribution >= 0.6 is 0 Å². The van der Waals surface area contributed by atoms with Gasteiger partial charge in [0.25, 0.3) is 0 Å². The Morgan fingerprint density at radius 2 is 2.06 bits per heavy atom. The summed E-state index contributed by atoms with van der Waals surface area (Å²) in [5.74, 6) is 0.763. The van der Waals surface area contributed by atoms with Crippen LogP contribution in [-0.4, -0.2) is 11.6 Å². The molecule has 3 heteroatoms. The van der Waals surface area contributed by atoms with Crippen molar-refractivity contribution in [3.63, 3.8) is 0 Å². The molecule has 3 nitrogen and oxygen atoms in total. The predicted octanol–water partition coefficient (Wildman–Crippen LogP) is 2.84. The first-order chi connectivity index (χ1) is 8.72. The highest BCUT2D eigenvalue weighted by atomic mass is 16.5. The van der Waals surface area contributed by atoms with Gasteiger partial charge in [-0.25, -0.2) is 0 Å². The summed E-state index contributed by atoms with van der Waals surface area (Å²) in [5.41, 5.74) is 9.56. The molecule has 2 rings (SSSR count). The van der Waals surface area contributed by atoms with Crippen LogP contribution in [-0.2, 0) is 0 Å². The number of nitrogens with zero attached hydrogens (tertiary/aromatic N) is 1. The number of benzene rings is 1. The summed E-state index contributed by atoms with van der Waals surface area (Å²) in [7, 11) is 0. The zero-order valence-corrected chi connectivity index (χ0v) is 10.8. The quantitative estimate of drug-likeness (QED) is 0.896. The number of aryl methyl sites for hydroxylation is 1. The van der Waals surface area contributed by atoms with Crippen LogP contribution in [0.5, 0.6) is 5.75 Å². The third-order valence-electron chi connectivity index (χ3n) is 2.93. The molecule has 1 atom stereocenters. The average Bonchev–Trinajstić information content (AvgIpc) is 2.39. The maximum absolute atomic E-state index is 6.29. The monoisotopic (exact) mass is 242 g/mol. The Kier molecular flexibility index (Phi) is 3.95. The van der Waals surface area contributed by atoms with Crippen molar-refractivity contribution in [2.24, 2.45) is 5.73 Å². The number of hydrogen-bond donors (Lipinski definition) is 1. The second kappa shape index (κ2) is 5.65. The fraction of sp³-hybridized carbons (Fsp3) is 0.267. The Labute approximate surface area is 108 Å². The Hall–Kier alpha value is -1.87. The van der Waals surface area contributed by atoms with Gasteiger partial charge in [-0.15, -0.1) is 0 Å². The molecular weight excluding hydrogens is 224 g/mol. The minimum absolute atomic E-state index is 0.167. The Bertz CT molecular complexity index is 525. The standard InChI is InChI=1S/C15H18N2O/c1-3-18-13-8-12(9-17-10-13)15(16)14-7-5-4-6-11(14)2/h4-10,15H,3,16H2,1-2H3. The Morgan fingerprint density at radius 1 is 1.28 bits per heavy atom. The van der Waals surface area contributed by atoms with Gasteiger partial charge < -0.3 is 10.5 Å². The van der Waals surface area contributed by atoms with Gasteiger partial charge in [0.05, 0.1) is 18.8 Å². The van der Waals surface area contributed by atoms with E-state index in [1.165, 1.54) is 5.56 Å². The predicted molar refractivity (Wildman–Crippen MR) is 72.6 cm³/mol. The van der Waals surface area contributed by atoms with Crippen molar-refractivity contribution in [2.45, 2.75) is 19.9 Å². The molecule has 0 bridgehead atoms. The van der Waals surface area contributed by atoms with Crippen LogP contribution in [0.1, 0.15) is 29.7 Å². The maximum Gasteiger partial charge on any atom is 0.137 e. The second-order valence-electron chi connectivity index (χ2n) is 4.22. The number of pyridine rings is 1. The molecule has 2 N–H and O–H groups in total. The van der Waals surface area contributed by atoms with Crippen LogP contribution in [0, 0.1) is 6.92 Å². The summed E-state index contributed by atoms with van der Waals surface area (Å²) in [6, 6.07) is 9.91. The summed E-state index contributed by atoms with van der Waals surface area (Å²) in [4.78, 5) is 4.17. The molecule has 2 aromatic rings. The lowest BCUT2D eigenvalue weighted by atomic mass is 9.97. The lowest BCUT2D eigenvalue weighted by Crippen LogP contribution is -2.13. The molecule has 0 radical (unpaired) electrons. The van der Waals surface area contributed by atoms with Crippen molar-refractivity contribution < 1.29 is 4.74 Å². The minimum Gasteiger partial charge on any atom is -0.492 e. The Balaban J connectivity index is 2.31. The summed E-state index contributed by atoms with van der Waals surface area (Å²) in [6.45, 7) is 4.65. The van der Waals surface area contributed by atoms with E-state index in [-0.39, 0.29) is 6.04 Å². The van der Waals surface area contributed by atoms with E-state index in [4.69, 9.17) is 10.5 Å². The van der Waals surface area contributed by atoms with Crippen LogP contribution in [0.15, 0.2) is 42.7 Å². The van der Waals surface area contributed by atoms with Crippen LogP contribution in [0.4, 0.5) is 0 Å². The molecule has 1 aromatic heterocycles. The molecule has 0 spiro atoms. The lowest BCUT2D eigenvalue weighted by molar-refractivity contribution is 0.338. The summed E-state index contributed by atoms with van der Waals surface area (Å²) >= 11 is 0. The van der Waals surface area contributed by atoms with Crippen molar-refractivity contribution in [1.82, 2.24) is 4.98 Å². The van der Waals surface area contributed by atoms with Crippen molar-refractivity contribution in [1.29, 1.82) is 0 Å². The molecule has 1 heterocycles. The van der Waals surface area contributed by atoms with E-state index in [0.29, 0.717) is 6.61 Å². The van der Waals surface area contributed by atoms with Crippen molar-refractivity contribution >= 4 is 0 Å². The van der Waals surface area contributed by atoms with Crippen LogP contribution < -0.4 is 10.5 Å². The number of nitrogens with two attached hydrogens (primary N) is 1. The normalized spacial score (nSPS) is 12.2. The van der Waals surface area contributed by atoms with Gasteiger partial charge in [0, 0.05) is 6.20 Å². The number of ether oxygens (including phenoxy) is 1. The van der Waals surface area contributed by atoms with E-state index >= 15 is 0 Å². The highest BCUT2D eigenvalue weighted by molar-refractivity contribution is 5.37. The molecule has 18 heavy (non-hydrogen) atoms. The van der Waals surface area contributed by atoms with E-state index in [1.807, 2.05) is 31.2 Å². The van der Waals surface area contributed by atoms with Crippen LogP contribution in [0.2, 0.25) is 0 Å². The smallest absolute Gasteiger partial charge is 0.137 e. The van der Waals surface area contributed by atoms with Crippen LogP contribution in [0.3, 0.4) is 0 Å². The Morgan fingerprint density at radius 3 is 2.78 bits per heavy atom. The molecule has 0 aliphatic rings. The fourth-order valence-corrected chi connectivity index (χ4v) is 1.97. The van der Waals surface area contributed by atoms with E-state index in [2.05, 4.69) is 18.0 Å². The molecule has 1 unspecified atom stereocenters. The highest BCUT2D eigenvalue weighted by Gasteiger charge is 2.12. The zero-order valence-electron chi connectivity index (χ0n) is 10.8. The molecule has 94 valence electrons. The first kappa shape index (κ1) is 12.6. The van der Waals surface area contributed by atoms with Gasteiger partial charge in [0.15, 0.2) is 0 Å². The van der Waals surface area contributed by atoms with Crippen LogP contribution in [0.25, 0.3) is 0 Å². The summed E-state index contributed by atoms with van der Waals surface area (Å²) in [5, 5.41) is 0. The van der Waals surface area contributed by atoms with E-state index in [1.54, 1.807) is 12.4 Å². The van der Waals surface area contributed by atoms with Crippen molar-refractivity contribution in [3.05, 3.63) is 59.4 Å². The molecule has 1 aromatic carbocycles. The highest BCUT2D eigenvalue weighted by Crippen LogP contribution is 2.24. The largest absolute Gasteiger partial charge is 0.492 e. The van der Waals surface area contributed by atoms with Gasteiger partial charge in [0.2, 0.25) is 0 Å². The van der Waals surface area contributed by atoms with Gasteiger partial charge in [0.1, 0.15) is 5.75 Å². The topological polar surface area (TPSA) is 48.1 Å². The second-order valence-corrected chi connectivity index (χ2v) is 4.22. The average molecular weight is 242 g/mol. The van der Waals surface area contributed by atoms with E-state index < -0.39 is 0 Å². The van der Waals surface area contributed by atoms with Gasteiger partial charge in [-0.05, 0) is 36.6 Å². The number of hydrogen-bond acceptors (Lipinski definition) is 3. The van der Waals surface area contributed by atoms with Gasteiger partial charge in [-0.2, -0.15) is 0 Å². The van der Waals surface area contributed by atoms with E-state index in [9.17, 15) is 0 Å². The van der Waals surface area contributed by atoms with E-state index in [0.717, 1.165) is 16.9 Å². The van der Waals surface area contributed by atoms with Gasteiger partial charge in [-0.1, -0.05) is 24.3 Å². The molecule has 0 aliphatic carbocycles. The van der Waals surface area contributed by atoms with Gasteiger partial charge in [-0.3, -0.25) is 4.98 Å². The third kappa shape index (κ3) is 2.68. The minimum atomic E-state index is -0.167. The SMILES string of the molecule is CCOc1cncc(C(N)c2ccccc2C)c1. The third-order valence-corrected chi connectivity index (χ3v) is 2.93. The summed E-state index contributed by atoms with van der Waals surface area (Å²) in [6.07, 6.45) is 3.50. The molecule has 0 saturated carbocycles. The summed E-state index contributed by atoms with van der Waals surface area (Å²) < 4.78 is 5.44. The fourth-order valence-electron chi connectivity index (χ4n) is 1.97. The molecular formula is C15H18N2O. The molecule has 0 amide bonds. The van der Waals surface area contributed by atoms with Crippen molar-refractivity contribution in [2.75, 3.05) is 6.61 Å². The lowest BCUT2D eigenvalue weighted by Gasteiger charge is -2.15. The van der Waals surface area contributed by atoms with Gasteiger partial charge >= 0.3 is 0 Å².